The Morgan fingerprint density at radius 3 is 2.07 bits per heavy atom. The minimum atomic E-state index is -0.467. The number of nitrogens with zero attached hydrogens (tertiary/aromatic N) is 1. The van der Waals surface area contributed by atoms with Gasteiger partial charge in [-0.2, -0.15) is 0 Å². The molecule has 0 aromatic heterocycles. The molecule has 0 radical (unpaired) electrons. The second-order valence-electron chi connectivity index (χ2n) is 6.21. The second-order valence-corrected chi connectivity index (χ2v) is 6.21. The minimum absolute atomic E-state index is 0.0310. The summed E-state index contributed by atoms with van der Waals surface area (Å²) in [7, 11) is 6.55. The third-order valence-corrected chi connectivity index (χ3v) is 4.04. The van der Waals surface area contributed by atoms with Crippen LogP contribution < -0.4 is 14.2 Å². The lowest BCUT2D eigenvalue weighted by Crippen LogP contribution is -2.27. The largest absolute Gasteiger partial charge is 0.493 e. The lowest BCUT2D eigenvalue weighted by atomic mass is 10.1. The molecule has 9 nitrogen and oxygen atoms in total. The van der Waals surface area contributed by atoms with Gasteiger partial charge in [0.1, 0.15) is 6.61 Å². The lowest BCUT2D eigenvalue weighted by Gasteiger charge is -2.16. The van der Waals surface area contributed by atoms with Crippen molar-refractivity contribution in [2.24, 2.45) is 0 Å². The zero-order valence-electron chi connectivity index (χ0n) is 18.2. The molecule has 1 rings (SSSR count). The fourth-order valence-corrected chi connectivity index (χ4v) is 2.43. The fraction of sp³-hybridized carbons (Fsp3) is 0.571. The summed E-state index contributed by atoms with van der Waals surface area (Å²) in [5, 5.41) is 8.63. The van der Waals surface area contributed by atoms with E-state index in [1.165, 1.54) is 27.4 Å². The first kappa shape index (κ1) is 25.7. The van der Waals surface area contributed by atoms with E-state index in [1.54, 1.807) is 18.2 Å². The Labute approximate surface area is 178 Å². The number of hydrogen-bond donors (Lipinski definition) is 1. The van der Waals surface area contributed by atoms with Gasteiger partial charge in [0, 0.05) is 19.2 Å². The molecule has 0 bridgehead atoms. The Morgan fingerprint density at radius 2 is 1.53 bits per heavy atom. The van der Waals surface area contributed by atoms with Crippen molar-refractivity contribution >= 4 is 12.0 Å². The highest BCUT2D eigenvalue weighted by molar-refractivity contribution is 5.87. The molecular weight excluding hydrogens is 394 g/mol. The third-order valence-electron chi connectivity index (χ3n) is 4.04. The summed E-state index contributed by atoms with van der Waals surface area (Å²) in [6.07, 6.45) is 2.95. The average Bonchev–Trinajstić information content (AvgIpc) is 2.76. The number of methoxy groups -OCH3 is 3. The van der Waals surface area contributed by atoms with E-state index < -0.39 is 5.97 Å². The van der Waals surface area contributed by atoms with Crippen LogP contribution in [0.4, 0.5) is 0 Å². The van der Waals surface area contributed by atoms with Gasteiger partial charge in [-0.25, -0.2) is 4.79 Å². The van der Waals surface area contributed by atoms with Crippen LogP contribution in [0.2, 0.25) is 0 Å². The summed E-state index contributed by atoms with van der Waals surface area (Å²) in [6, 6.07) is 3.47. The molecule has 9 heteroatoms. The van der Waals surface area contributed by atoms with Crippen molar-refractivity contribution in [3.63, 3.8) is 0 Å². The summed E-state index contributed by atoms with van der Waals surface area (Å²) >= 11 is 0. The number of aliphatic hydroxyl groups excluding tert-OH is 1. The van der Waals surface area contributed by atoms with Crippen LogP contribution in [0.5, 0.6) is 17.2 Å². The molecule has 0 saturated carbocycles. The van der Waals surface area contributed by atoms with Gasteiger partial charge in [0.05, 0.1) is 54.4 Å². The van der Waals surface area contributed by atoms with E-state index in [-0.39, 0.29) is 13.2 Å². The van der Waals surface area contributed by atoms with E-state index in [0.29, 0.717) is 49.2 Å². The number of likely N-dealkylation sites (N-methyl/N-ethyl adjacent to an activating group) is 1. The van der Waals surface area contributed by atoms with Crippen LogP contribution in [0.25, 0.3) is 6.08 Å². The van der Waals surface area contributed by atoms with Gasteiger partial charge in [-0.3, -0.25) is 0 Å². The molecule has 0 aliphatic heterocycles. The first-order valence-corrected chi connectivity index (χ1v) is 9.65. The standard InChI is InChI=1S/C21H33NO8/c1-22(7-10-28-12-9-23)8-11-29-13-14-30-20(24)6-5-17-15-18(25-2)21(27-4)19(16-17)26-3/h5-6,15-16,23H,7-14H2,1-4H3/b6-5+. The SMILES string of the molecule is COc1cc(/C=C/C(=O)OCCOCCN(C)CCOCCO)cc(OC)c1OC. The Kier molecular flexibility index (Phi) is 13.3. The van der Waals surface area contributed by atoms with Crippen LogP contribution in [-0.4, -0.2) is 97.1 Å². The van der Waals surface area contributed by atoms with E-state index >= 15 is 0 Å². The van der Waals surface area contributed by atoms with Crippen molar-refractivity contribution in [2.75, 3.05) is 81.1 Å². The maximum Gasteiger partial charge on any atom is 0.330 e. The van der Waals surface area contributed by atoms with Gasteiger partial charge in [-0.1, -0.05) is 0 Å². The molecule has 0 heterocycles. The van der Waals surface area contributed by atoms with Gasteiger partial charge in [0.2, 0.25) is 5.75 Å². The highest BCUT2D eigenvalue weighted by Crippen LogP contribution is 2.38. The molecule has 30 heavy (non-hydrogen) atoms. The summed E-state index contributed by atoms with van der Waals surface area (Å²) in [5.74, 6) is 1.03. The highest BCUT2D eigenvalue weighted by Gasteiger charge is 2.12. The topological polar surface area (TPSA) is 95.9 Å². The van der Waals surface area contributed by atoms with Crippen molar-refractivity contribution in [3.05, 3.63) is 23.8 Å². The first-order chi connectivity index (χ1) is 14.5. The molecule has 0 spiro atoms. The summed E-state index contributed by atoms with van der Waals surface area (Å²) in [4.78, 5) is 13.9. The highest BCUT2D eigenvalue weighted by atomic mass is 16.6. The van der Waals surface area contributed by atoms with Crippen LogP contribution in [-0.2, 0) is 19.0 Å². The number of esters is 1. The van der Waals surface area contributed by atoms with E-state index in [9.17, 15) is 4.79 Å². The maximum atomic E-state index is 11.9. The third kappa shape index (κ3) is 9.93. The zero-order valence-corrected chi connectivity index (χ0v) is 18.2. The average molecular weight is 427 g/mol. The Hall–Kier alpha value is -2.33. The number of rotatable bonds is 16. The number of carbonyl (C=O) groups excluding carboxylic acids is 1. The first-order valence-electron chi connectivity index (χ1n) is 9.65. The maximum absolute atomic E-state index is 11.9. The van der Waals surface area contributed by atoms with Gasteiger partial charge < -0.3 is 38.4 Å². The zero-order chi connectivity index (χ0) is 22.2. The van der Waals surface area contributed by atoms with Crippen molar-refractivity contribution in [1.82, 2.24) is 4.90 Å². The molecule has 0 atom stereocenters. The molecule has 0 amide bonds. The minimum Gasteiger partial charge on any atom is -0.493 e. The predicted molar refractivity (Wildman–Crippen MR) is 112 cm³/mol. The molecule has 0 aliphatic carbocycles. The Balaban J connectivity index is 2.29. The second kappa shape index (κ2) is 15.5. The molecule has 1 N–H and O–H groups in total. The van der Waals surface area contributed by atoms with Crippen LogP contribution in [0.15, 0.2) is 18.2 Å². The van der Waals surface area contributed by atoms with Gasteiger partial charge in [0.25, 0.3) is 0 Å². The summed E-state index contributed by atoms with van der Waals surface area (Å²) < 4.78 is 31.6. The fourth-order valence-electron chi connectivity index (χ4n) is 2.43. The van der Waals surface area contributed by atoms with E-state index in [4.69, 9.17) is 33.5 Å². The lowest BCUT2D eigenvalue weighted by molar-refractivity contribution is -0.139. The van der Waals surface area contributed by atoms with E-state index in [0.717, 1.165) is 13.1 Å². The number of ether oxygens (including phenoxy) is 6. The number of aliphatic hydroxyl groups is 1. The van der Waals surface area contributed by atoms with Crippen LogP contribution in [0.1, 0.15) is 5.56 Å². The van der Waals surface area contributed by atoms with Gasteiger partial charge >= 0.3 is 5.97 Å². The molecular formula is C21H33NO8. The number of carbonyl (C=O) groups is 1. The van der Waals surface area contributed by atoms with Crippen molar-refractivity contribution in [2.45, 2.75) is 0 Å². The Bertz CT molecular complexity index is 625. The van der Waals surface area contributed by atoms with Crippen molar-refractivity contribution in [3.8, 4) is 17.2 Å². The normalized spacial score (nSPS) is 11.1. The summed E-state index contributed by atoms with van der Waals surface area (Å²) in [5.41, 5.74) is 0.712. The van der Waals surface area contributed by atoms with Crippen molar-refractivity contribution in [1.29, 1.82) is 0 Å². The predicted octanol–water partition coefficient (Wildman–Crippen LogP) is 1.23. The molecule has 0 aliphatic rings. The van der Waals surface area contributed by atoms with Crippen LogP contribution in [0, 0.1) is 0 Å². The molecule has 0 unspecified atom stereocenters. The van der Waals surface area contributed by atoms with Crippen LogP contribution in [0.3, 0.4) is 0 Å². The molecule has 1 aromatic rings. The summed E-state index contributed by atoms with van der Waals surface area (Å²) in [6.45, 7) is 3.44. The van der Waals surface area contributed by atoms with Gasteiger partial charge in [-0.15, -0.1) is 0 Å². The van der Waals surface area contributed by atoms with Crippen molar-refractivity contribution < 1.29 is 38.3 Å². The molecule has 1 aromatic carbocycles. The number of benzene rings is 1. The molecule has 0 fully saturated rings. The molecule has 0 saturated heterocycles. The van der Waals surface area contributed by atoms with Crippen LogP contribution >= 0.6 is 0 Å². The van der Waals surface area contributed by atoms with Gasteiger partial charge in [0.15, 0.2) is 11.5 Å². The Morgan fingerprint density at radius 1 is 0.933 bits per heavy atom. The molecule has 170 valence electrons. The van der Waals surface area contributed by atoms with Gasteiger partial charge in [-0.05, 0) is 30.8 Å². The monoisotopic (exact) mass is 427 g/mol. The smallest absolute Gasteiger partial charge is 0.330 e. The van der Waals surface area contributed by atoms with E-state index in [1.807, 2.05) is 7.05 Å². The number of hydrogen-bond acceptors (Lipinski definition) is 9. The van der Waals surface area contributed by atoms with E-state index in [2.05, 4.69) is 4.90 Å². The quantitative estimate of drug-likeness (QED) is 0.237.